The molecule has 1 aromatic heterocycles. The van der Waals surface area contributed by atoms with Crippen LogP contribution < -0.4 is 5.73 Å². The molecule has 0 aliphatic heterocycles. The molecule has 5 heteroatoms. The number of nitrogens with two attached hydrogens (primary N) is 1. The lowest BCUT2D eigenvalue weighted by Crippen LogP contribution is -2.11. The van der Waals surface area contributed by atoms with E-state index in [9.17, 15) is 4.79 Å². The molecule has 1 amide bonds. The average Bonchev–Trinajstić information content (AvgIpc) is 3.35. The van der Waals surface area contributed by atoms with Crippen LogP contribution in [0.2, 0.25) is 10.0 Å². The summed E-state index contributed by atoms with van der Waals surface area (Å²) in [6.07, 6.45) is 5.02. The summed E-state index contributed by atoms with van der Waals surface area (Å²) in [5.41, 5.74) is 9.99. The molecule has 151 valence electrons. The maximum Gasteiger partial charge on any atom is 0.249 e. The number of carbonyl (C=O) groups excluding carboxylic acids is 1. The number of carbonyl (C=O) groups is 1. The van der Waals surface area contributed by atoms with Crippen molar-refractivity contribution in [1.29, 1.82) is 0 Å². The van der Waals surface area contributed by atoms with Crippen molar-refractivity contribution in [3.8, 4) is 11.1 Å². The Kier molecular flexibility index (Phi) is 4.96. The van der Waals surface area contributed by atoms with Crippen molar-refractivity contribution in [2.75, 3.05) is 0 Å². The van der Waals surface area contributed by atoms with Crippen LogP contribution in [-0.2, 0) is 6.54 Å². The van der Waals surface area contributed by atoms with Gasteiger partial charge in [-0.3, -0.25) is 4.79 Å². The molecule has 0 bridgehead atoms. The number of primary amides is 1. The van der Waals surface area contributed by atoms with Gasteiger partial charge in [-0.05, 0) is 66.8 Å². The van der Waals surface area contributed by atoms with Gasteiger partial charge in [-0.2, -0.15) is 0 Å². The Labute approximate surface area is 185 Å². The van der Waals surface area contributed by atoms with Gasteiger partial charge in [0, 0.05) is 44.0 Å². The zero-order valence-corrected chi connectivity index (χ0v) is 17.9. The Hall–Kier alpha value is -2.49. The molecule has 5 rings (SSSR count). The minimum atomic E-state index is -0.424. The summed E-state index contributed by atoms with van der Waals surface area (Å²) >= 11 is 12.9. The van der Waals surface area contributed by atoms with Gasteiger partial charge in [0.1, 0.15) is 0 Å². The lowest BCUT2D eigenvalue weighted by Gasteiger charge is -2.14. The molecular weight excluding hydrogens is 415 g/mol. The van der Waals surface area contributed by atoms with Gasteiger partial charge < -0.3 is 10.3 Å². The predicted octanol–water partition coefficient (Wildman–Crippen LogP) is 6.86. The van der Waals surface area contributed by atoms with E-state index in [4.69, 9.17) is 28.9 Å². The third-order valence-corrected chi connectivity index (χ3v) is 6.86. The van der Waals surface area contributed by atoms with E-state index in [2.05, 4.69) is 22.8 Å². The number of benzene rings is 3. The molecule has 3 nitrogen and oxygen atoms in total. The monoisotopic (exact) mass is 435 g/mol. The fourth-order valence-corrected chi connectivity index (χ4v) is 5.44. The summed E-state index contributed by atoms with van der Waals surface area (Å²) in [5.74, 6) is 0.209. The SMILES string of the molecule is NC(=O)c1cccc2c1c1[c]cc(-c3c(Cl)cccc3Cl)cc1n2CC1CCCC1. The van der Waals surface area contributed by atoms with Crippen LogP contribution in [0.1, 0.15) is 36.0 Å². The van der Waals surface area contributed by atoms with Gasteiger partial charge in [-0.25, -0.2) is 0 Å². The van der Waals surface area contributed by atoms with Crippen LogP contribution in [-0.4, -0.2) is 10.5 Å². The number of amides is 1. The largest absolute Gasteiger partial charge is 0.366 e. The number of halogens is 2. The molecule has 1 aliphatic rings. The second-order valence-corrected chi connectivity index (χ2v) is 8.88. The van der Waals surface area contributed by atoms with E-state index in [1.165, 1.54) is 25.7 Å². The summed E-state index contributed by atoms with van der Waals surface area (Å²) < 4.78 is 2.32. The Morgan fingerprint density at radius 1 is 1.07 bits per heavy atom. The third-order valence-electron chi connectivity index (χ3n) is 6.23. The second kappa shape index (κ2) is 7.64. The highest BCUT2D eigenvalue weighted by Crippen LogP contribution is 2.39. The van der Waals surface area contributed by atoms with Crippen LogP contribution in [0.25, 0.3) is 32.9 Å². The molecular formula is C25H21Cl2N2O. The third kappa shape index (κ3) is 3.17. The van der Waals surface area contributed by atoms with Crippen molar-refractivity contribution >= 4 is 50.9 Å². The highest BCUT2D eigenvalue weighted by atomic mass is 35.5. The molecule has 4 aromatic rings. The lowest BCUT2D eigenvalue weighted by molar-refractivity contribution is 0.100. The predicted molar refractivity (Wildman–Crippen MR) is 124 cm³/mol. The van der Waals surface area contributed by atoms with Gasteiger partial charge >= 0.3 is 0 Å². The first kappa shape index (κ1) is 19.5. The second-order valence-electron chi connectivity index (χ2n) is 8.07. The summed E-state index contributed by atoms with van der Waals surface area (Å²) in [4.78, 5) is 12.2. The number of hydrogen-bond acceptors (Lipinski definition) is 1. The van der Waals surface area contributed by atoms with Gasteiger partial charge in [0.05, 0.1) is 5.52 Å². The minimum absolute atomic E-state index is 0.424. The Morgan fingerprint density at radius 2 is 1.77 bits per heavy atom. The van der Waals surface area contributed by atoms with Crippen molar-refractivity contribution in [2.24, 2.45) is 11.7 Å². The Bertz CT molecular complexity index is 1270. The zero-order chi connectivity index (χ0) is 20.8. The molecule has 1 fully saturated rings. The maximum absolute atomic E-state index is 12.2. The van der Waals surface area contributed by atoms with E-state index < -0.39 is 5.91 Å². The quantitative estimate of drug-likeness (QED) is 0.373. The number of nitrogens with zero attached hydrogens (tertiary/aromatic N) is 1. The molecule has 1 aliphatic carbocycles. The molecule has 0 spiro atoms. The van der Waals surface area contributed by atoms with Crippen LogP contribution in [0.15, 0.2) is 48.5 Å². The fourth-order valence-electron chi connectivity index (χ4n) is 4.83. The summed E-state index contributed by atoms with van der Waals surface area (Å²) in [7, 11) is 0. The van der Waals surface area contributed by atoms with Gasteiger partial charge in [-0.1, -0.05) is 48.2 Å². The van der Waals surface area contributed by atoms with E-state index in [1.54, 1.807) is 6.07 Å². The van der Waals surface area contributed by atoms with E-state index >= 15 is 0 Å². The molecule has 0 unspecified atom stereocenters. The summed E-state index contributed by atoms with van der Waals surface area (Å²) in [6.45, 7) is 0.912. The van der Waals surface area contributed by atoms with Crippen molar-refractivity contribution in [1.82, 2.24) is 4.57 Å². The number of fused-ring (bicyclic) bond motifs is 3. The standard InChI is InChI=1S/C25H21Cl2N2O/c26-19-8-4-9-20(27)23(19)16-11-12-17-22(13-16)29(14-15-5-1-2-6-15)21-10-3-7-18(24(17)21)25(28)30/h3-4,7-11,13,15H,1-2,5-6,14H2,(H2,28,30). The van der Waals surface area contributed by atoms with E-state index in [-0.39, 0.29) is 0 Å². The zero-order valence-electron chi connectivity index (χ0n) is 16.4. The van der Waals surface area contributed by atoms with Crippen molar-refractivity contribution in [3.63, 3.8) is 0 Å². The highest BCUT2D eigenvalue weighted by molar-refractivity contribution is 6.39. The van der Waals surface area contributed by atoms with Crippen molar-refractivity contribution in [3.05, 3.63) is 70.2 Å². The van der Waals surface area contributed by atoms with Crippen LogP contribution in [0, 0.1) is 12.0 Å². The molecule has 2 N–H and O–H groups in total. The smallest absolute Gasteiger partial charge is 0.249 e. The van der Waals surface area contributed by atoms with Gasteiger partial charge in [-0.15, -0.1) is 0 Å². The van der Waals surface area contributed by atoms with E-state index in [1.807, 2.05) is 30.3 Å². The van der Waals surface area contributed by atoms with Gasteiger partial charge in [0.15, 0.2) is 0 Å². The van der Waals surface area contributed by atoms with Crippen LogP contribution in [0.3, 0.4) is 0 Å². The highest BCUT2D eigenvalue weighted by Gasteiger charge is 2.22. The first-order valence-electron chi connectivity index (χ1n) is 10.3. The fraction of sp³-hybridized carbons (Fsp3) is 0.240. The molecule has 3 aromatic carbocycles. The molecule has 1 saturated carbocycles. The maximum atomic E-state index is 12.2. The van der Waals surface area contributed by atoms with Crippen molar-refractivity contribution < 1.29 is 4.79 Å². The minimum Gasteiger partial charge on any atom is -0.366 e. The van der Waals surface area contributed by atoms with Gasteiger partial charge in [0.25, 0.3) is 0 Å². The topological polar surface area (TPSA) is 48.0 Å². The normalized spacial score (nSPS) is 14.7. The number of rotatable bonds is 4. The van der Waals surface area contributed by atoms with Crippen LogP contribution in [0.5, 0.6) is 0 Å². The van der Waals surface area contributed by atoms with E-state index in [0.717, 1.165) is 39.5 Å². The molecule has 1 heterocycles. The molecule has 0 saturated heterocycles. The van der Waals surface area contributed by atoms with E-state index in [0.29, 0.717) is 21.5 Å². The average molecular weight is 436 g/mol. The van der Waals surface area contributed by atoms with Crippen molar-refractivity contribution in [2.45, 2.75) is 32.2 Å². The first-order chi connectivity index (χ1) is 14.5. The van der Waals surface area contributed by atoms with Crippen LogP contribution in [0.4, 0.5) is 0 Å². The Morgan fingerprint density at radius 3 is 2.47 bits per heavy atom. The summed E-state index contributed by atoms with van der Waals surface area (Å²) in [6, 6.07) is 18.7. The lowest BCUT2D eigenvalue weighted by atomic mass is 10.0. The van der Waals surface area contributed by atoms with Gasteiger partial charge in [0.2, 0.25) is 5.91 Å². The Balaban J connectivity index is 1.80. The number of hydrogen-bond donors (Lipinski definition) is 1. The molecule has 1 radical (unpaired) electrons. The molecule has 30 heavy (non-hydrogen) atoms. The molecule has 0 atom stereocenters. The number of aromatic nitrogens is 1. The van der Waals surface area contributed by atoms with Crippen LogP contribution >= 0.6 is 23.2 Å². The first-order valence-corrected chi connectivity index (χ1v) is 11.0. The summed E-state index contributed by atoms with van der Waals surface area (Å²) in [5, 5.41) is 2.98.